The maximum Gasteiger partial charge on any atom is 0.303 e. The highest BCUT2D eigenvalue weighted by molar-refractivity contribution is 5.67. The number of aliphatic hydroxyl groups excluding tert-OH is 2. The Kier molecular flexibility index (Phi) is 120. The first-order valence-electron chi connectivity index (χ1n) is 46.1. The summed E-state index contributed by atoms with van der Waals surface area (Å²) in [6.45, 7) is 11.1. The molecule has 0 aliphatic carbocycles. The number of aliphatic hydroxyl groups is 2. The van der Waals surface area contributed by atoms with Crippen molar-refractivity contribution in [1.82, 2.24) is 0 Å². The number of hydrogen-bond donors (Lipinski definition) is 7. The van der Waals surface area contributed by atoms with Crippen LogP contribution in [0.5, 0.6) is 0 Å². The van der Waals surface area contributed by atoms with E-state index in [-0.39, 0.29) is 13.2 Å². The van der Waals surface area contributed by atoms with Crippen LogP contribution in [-0.2, 0) is 24.0 Å². The molecule has 0 radical (unpaired) electrons. The maximum absolute atomic E-state index is 10.3. The summed E-state index contributed by atoms with van der Waals surface area (Å²) in [5.41, 5.74) is 0. The molecule has 0 heterocycles. The molecule has 626 valence electrons. The predicted molar refractivity (Wildman–Crippen MR) is 450 cm³/mol. The third-order valence-corrected chi connectivity index (χ3v) is 20.1. The first-order chi connectivity index (χ1) is 50.8. The van der Waals surface area contributed by atoms with Crippen molar-refractivity contribution in [1.29, 1.82) is 0 Å². The Morgan fingerprint density at radius 3 is 0.260 bits per heavy atom. The molecule has 12 nitrogen and oxygen atoms in total. The van der Waals surface area contributed by atoms with Gasteiger partial charge in [0.05, 0.1) is 13.2 Å². The van der Waals surface area contributed by atoms with E-state index in [0.717, 1.165) is 64.2 Å². The van der Waals surface area contributed by atoms with Crippen molar-refractivity contribution in [2.75, 3.05) is 13.2 Å². The minimum Gasteiger partial charge on any atom is -0.481 e. The van der Waals surface area contributed by atoms with Crippen LogP contribution < -0.4 is 0 Å². The highest BCUT2D eigenvalue weighted by Gasteiger charge is 2.03. The van der Waals surface area contributed by atoms with Crippen molar-refractivity contribution in [3.63, 3.8) is 0 Å². The number of carbonyl (C=O) groups is 5. The molecule has 0 aromatic rings. The number of rotatable bonds is 81. The van der Waals surface area contributed by atoms with Gasteiger partial charge >= 0.3 is 29.8 Å². The van der Waals surface area contributed by atoms with Crippen LogP contribution in [-0.4, -0.2) is 78.8 Å². The molecule has 104 heavy (non-hydrogen) atoms. The van der Waals surface area contributed by atoms with E-state index in [4.69, 9.17) is 35.7 Å². The molecule has 0 spiro atoms. The highest BCUT2D eigenvalue weighted by atomic mass is 16.4. The lowest BCUT2D eigenvalue weighted by molar-refractivity contribution is -0.138. The van der Waals surface area contributed by atoms with E-state index in [9.17, 15) is 24.0 Å². The van der Waals surface area contributed by atoms with E-state index in [1.54, 1.807) is 0 Å². The Labute approximate surface area is 647 Å². The topological polar surface area (TPSA) is 227 Å². The Morgan fingerprint density at radius 2 is 0.202 bits per heavy atom. The summed E-state index contributed by atoms with van der Waals surface area (Å²) in [5, 5.41) is 57.8. The van der Waals surface area contributed by atoms with Gasteiger partial charge in [0.1, 0.15) is 0 Å². The SMILES string of the molecule is CCCCCCCCCCCCCCCCCC(=O)O.CCCCCCCCCCCCCCCCCC(=O)O.CCCCCCCCCCCCCCCCCC(=O)O.CCCCCCCCCCCCCCCCCC(=O)O.CCCCCCCCCCCCCCCCCC(=O)O.OCCO. The average molecular weight is 1480 g/mol. The van der Waals surface area contributed by atoms with Crippen LogP contribution in [0.4, 0.5) is 0 Å². The molecule has 0 aromatic heterocycles. The molecule has 0 bridgehead atoms. The van der Waals surface area contributed by atoms with Crippen molar-refractivity contribution < 1.29 is 59.7 Å². The first kappa shape index (κ1) is 112. The molecule has 0 saturated carbocycles. The lowest BCUT2D eigenvalue weighted by Gasteiger charge is -2.03. The van der Waals surface area contributed by atoms with Crippen molar-refractivity contribution in [2.45, 2.75) is 548 Å². The summed E-state index contributed by atoms with van der Waals surface area (Å²) < 4.78 is 0. The normalized spacial score (nSPS) is 10.7. The zero-order valence-electron chi connectivity index (χ0n) is 70.7. The number of carboxylic acid groups (broad SMARTS) is 5. The monoisotopic (exact) mass is 1480 g/mol. The van der Waals surface area contributed by atoms with Gasteiger partial charge in [0, 0.05) is 32.1 Å². The molecule has 7 N–H and O–H groups in total. The van der Waals surface area contributed by atoms with Crippen LogP contribution in [0.2, 0.25) is 0 Å². The second kappa shape index (κ2) is 111. The van der Waals surface area contributed by atoms with E-state index in [1.165, 1.54) is 417 Å². The maximum atomic E-state index is 10.3. The molecule has 0 aromatic carbocycles. The van der Waals surface area contributed by atoms with Gasteiger partial charge in [0.25, 0.3) is 0 Å². The third-order valence-electron chi connectivity index (χ3n) is 20.1. The molecule has 0 atom stereocenters. The molecule has 0 saturated heterocycles. The van der Waals surface area contributed by atoms with Crippen LogP contribution in [0.15, 0.2) is 0 Å². The van der Waals surface area contributed by atoms with Gasteiger partial charge < -0.3 is 35.7 Å². The van der Waals surface area contributed by atoms with Gasteiger partial charge in [-0.15, -0.1) is 0 Å². The minimum atomic E-state index is -0.653. The molecule has 0 fully saturated rings. The van der Waals surface area contributed by atoms with Gasteiger partial charge in [-0.2, -0.15) is 0 Å². The van der Waals surface area contributed by atoms with Crippen molar-refractivity contribution >= 4 is 29.8 Å². The van der Waals surface area contributed by atoms with Crippen molar-refractivity contribution in [2.24, 2.45) is 0 Å². The van der Waals surface area contributed by atoms with E-state index in [1.807, 2.05) is 0 Å². The Bertz CT molecular complexity index is 1300. The van der Waals surface area contributed by atoms with Gasteiger partial charge in [-0.05, 0) is 32.1 Å². The Hall–Kier alpha value is -2.73. The van der Waals surface area contributed by atoms with Crippen LogP contribution >= 0.6 is 0 Å². The molecule has 0 aliphatic rings. The van der Waals surface area contributed by atoms with E-state index in [2.05, 4.69) is 34.6 Å². The second-order valence-corrected chi connectivity index (χ2v) is 30.9. The third kappa shape index (κ3) is 138. The number of aliphatic carboxylic acids is 5. The zero-order valence-corrected chi connectivity index (χ0v) is 70.7. The lowest BCUT2D eigenvalue weighted by atomic mass is 10.0. The number of hydrogen-bond acceptors (Lipinski definition) is 7. The summed E-state index contributed by atoms with van der Waals surface area (Å²) in [5.74, 6) is -3.27. The molecule has 0 unspecified atom stereocenters. The van der Waals surface area contributed by atoms with Crippen molar-refractivity contribution in [3.05, 3.63) is 0 Å². The highest BCUT2D eigenvalue weighted by Crippen LogP contribution is 2.20. The smallest absolute Gasteiger partial charge is 0.303 e. The molecule has 0 aliphatic heterocycles. The Morgan fingerprint density at radius 1 is 0.135 bits per heavy atom. The Balaban J connectivity index is -0.000000284. The largest absolute Gasteiger partial charge is 0.481 e. The minimum absolute atomic E-state index is 0.125. The first-order valence-corrected chi connectivity index (χ1v) is 46.1. The van der Waals surface area contributed by atoms with Gasteiger partial charge in [0.15, 0.2) is 0 Å². The predicted octanol–water partition coefficient (Wildman–Crippen LogP) is 30.6. The summed E-state index contributed by atoms with van der Waals surface area (Å²) in [6.07, 6.45) is 101. The fourth-order valence-corrected chi connectivity index (χ4v) is 13.2. The van der Waals surface area contributed by atoms with E-state index in [0.29, 0.717) is 32.1 Å². The van der Waals surface area contributed by atoms with Crippen molar-refractivity contribution in [3.8, 4) is 0 Å². The molecule has 0 amide bonds. The zero-order chi connectivity index (χ0) is 77.9. The van der Waals surface area contributed by atoms with Gasteiger partial charge in [-0.25, -0.2) is 0 Å². The van der Waals surface area contributed by atoms with Crippen LogP contribution in [0.1, 0.15) is 548 Å². The lowest BCUT2D eigenvalue weighted by Crippen LogP contribution is -1.93. The van der Waals surface area contributed by atoms with Gasteiger partial charge in [0.2, 0.25) is 0 Å². The average Bonchev–Trinajstić information content (AvgIpc) is 3.84. The molecular weight excluding hydrogens is 1300 g/mol. The molecule has 12 heteroatoms. The van der Waals surface area contributed by atoms with Crippen LogP contribution in [0.3, 0.4) is 0 Å². The number of unbranched alkanes of at least 4 members (excludes halogenated alkanes) is 70. The summed E-state index contributed by atoms with van der Waals surface area (Å²) >= 11 is 0. The number of carboxylic acids is 5. The van der Waals surface area contributed by atoms with Gasteiger partial charge in [-0.3, -0.25) is 24.0 Å². The van der Waals surface area contributed by atoms with Crippen LogP contribution in [0.25, 0.3) is 0 Å². The second-order valence-electron chi connectivity index (χ2n) is 30.9. The molecule has 0 rings (SSSR count). The molecular formula is C92H186O12. The van der Waals surface area contributed by atoms with Gasteiger partial charge in [-0.1, -0.05) is 484 Å². The van der Waals surface area contributed by atoms with E-state index < -0.39 is 29.8 Å². The van der Waals surface area contributed by atoms with E-state index >= 15 is 0 Å². The fourth-order valence-electron chi connectivity index (χ4n) is 13.2. The van der Waals surface area contributed by atoms with Crippen LogP contribution in [0, 0.1) is 0 Å². The quantitative estimate of drug-likeness (QED) is 0.0282. The fraction of sp³-hybridized carbons (Fsp3) is 0.946. The summed E-state index contributed by atoms with van der Waals surface area (Å²) in [6, 6.07) is 0. The standard InChI is InChI=1S/5C18H36O2.C2H6O2/c5*1-2-3-4-5-6-7-8-9-10-11-12-13-14-15-16-17-18(19)20;3-1-2-4/h5*2-17H2,1H3,(H,19,20);3-4H,1-2H2. The summed E-state index contributed by atoms with van der Waals surface area (Å²) in [4.78, 5) is 51.7. The summed E-state index contributed by atoms with van der Waals surface area (Å²) in [7, 11) is 0.